The van der Waals surface area contributed by atoms with Crippen LogP contribution in [0.25, 0.3) is 0 Å². The molecule has 1 amide bonds. The second-order valence-corrected chi connectivity index (χ2v) is 4.48. The summed E-state index contributed by atoms with van der Waals surface area (Å²) in [7, 11) is 1.92. The third-order valence-corrected chi connectivity index (χ3v) is 2.78. The number of nitrogens with one attached hydrogen (secondary N) is 1. The minimum Gasteiger partial charge on any atom is -0.481 e. The third kappa shape index (κ3) is 5.04. The number of alkyl carbamates (subject to hydrolysis) is 1. The normalized spacial score (nSPS) is 25.3. The van der Waals surface area contributed by atoms with E-state index in [1.165, 1.54) is 0 Å². The quantitative estimate of drug-likeness (QED) is 0.754. The number of likely N-dealkylation sites (tertiary alicyclic amines) is 1. The van der Waals surface area contributed by atoms with Crippen LogP contribution in [-0.4, -0.2) is 54.9 Å². The zero-order chi connectivity index (χ0) is 12.8. The van der Waals surface area contributed by atoms with E-state index in [9.17, 15) is 9.59 Å². The summed E-state index contributed by atoms with van der Waals surface area (Å²) in [6.45, 7) is 3.58. The van der Waals surface area contributed by atoms with Gasteiger partial charge in [-0.1, -0.05) is 0 Å². The Kier molecular flexibility index (Phi) is 5.21. The maximum Gasteiger partial charge on any atom is 0.407 e. The predicted molar refractivity (Wildman–Crippen MR) is 61.8 cm³/mol. The smallest absolute Gasteiger partial charge is 0.407 e. The standard InChI is InChI=1S/C11H20N2O4/c1-3-17-11(16)12-9-4-8(5-10(14)15)6-13(2)7-9/h8-9H,3-7H2,1-2H3,(H,12,16)(H,14,15). The number of carbonyl (C=O) groups excluding carboxylic acids is 1. The Bertz CT molecular complexity index is 283. The van der Waals surface area contributed by atoms with E-state index < -0.39 is 12.1 Å². The number of ether oxygens (including phenoxy) is 1. The molecule has 98 valence electrons. The van der Waals surface area contributed by atoms with Crippen LogP contribution in [0.4, 0.5) is 4.79 Å². The molecule has 1 heterocycles. The van der Waals surface area contributed by atoms with Gasteiger partial charge < -0.3 is 20.1 Å². The summed E-state index contributed by atoms with van der Waals surface area (Å²) in [4.78, 5) is 24.0. The molecule has 0 aliphatic carbocycles. The van der Waals surface area contributed by atoms with Crippen LogP contribution >= 0.6 is 0 Å². The highest BCUT2D eigenvalue weighted by atomic mass is 16.5. The first-order valence-electron chi connectivity index (χ1n) is 5.84. The van der Waals surface area contributed by atoms with Gasteiger partial charge in [-0.3, -0.25) is 4.79 Å². The highest BCUT2D eigenvalue weighted by Crippen LogP contribution is 2.19. The fraction of sp³-hybridized carbons (Fsp3) is 0.818. The Morgan fingerprint density at radius 1 is 1.47 bits per heavy atom. The van der Waals surface area contributed by atoms with E-state index in [2.05, 4.69) is 5.32 Å². The molecular formula is C11H20N2O4. The van der Waals surface area contributed by atoms with E-state index in [1.807, 2.05) is 11.9 Å². The maximum atomic E-state index is 11.3. The van der Waals surface area contributed by atoms with Crippen molar-refractivity contribution < 1.29 is 19.4 Å². The molecule has 1 aliphatic rings. The number of rotatable bonds is 4. The maximum absolute atomic E-state index is 11.3. The lowest BCUT2D eigenvalue weighted by Gasteiger charge is -2.35. The van der Waals surface area contributed by atoms with Crippen molar-refractivity contribution in [1.82, 2.24) is 10.2 Å². The lowest BCUT2D eigenvalue weighted by Crippen LogP contribution is -2.49. The number of amides is 1. The number of carboxylic acid groups (broad SMARTS) is 1. The van der Waals surface area contributed by atoms with Gasteiger partial charge >= 0.3 is 12.1 Å². The molecule has 1 aliphatic heterocycles. The molecule has 1 rings (SSSR count). The molecule has 0 aromatic carbocycles. The molecule has 17 heavy (non-hydrogen) atoms. The molecule has 0 saturated carbocycles. The Morgan fingerprint density at radius 2 is 2.18 bits per heavy atom. The van der Waals surface area contributed by atoms with E-state index in [0.717, 1.165) is 13.1 Å². The first kappa shape index (κ1) is 13.8. The highest BCUT2D eigenvalue weighted by molar-refractivity contribution is 5.68. The van der Waals surface area contributed by atoms with Crippen LogP contribution in [0.3, 0.4) is 0 Å². The number of piperidine rings is 1. The Balaban J connectivity index is 2.44. The summed E-state index contributed by atoms with van der Waals surface area (Å²) in [6.07, 6.45) is 0.405. The highest BCUT2D eigenvalue weighted by Gasteiger charge is 2.27. The molecule has 0 radical (unpaired) electrons. The summed E-state index contributed by atoms with van der Waals surface area (Å²) in [5.74, 6) is -0.710. The van der Waals surface area contributed by atoms with Crippen molar-refractivity contribution in [2.45, 2.75) is 25.8 Å². The molecule has 0 aromatic heterocycles. The van der Waals surface area contributed by atoms with Crippen LogP contribution in [0.1, 0.15) is 19.8 Å². The Morgan fingerprint density at radius 3 is 2.76 bits per heavy atom. The van der Waals surface area contributed by atoms with Crippen LogP contribution in [0.5, 0.6) is 0 Å². The second-order valence-electron chi connectivity index (χ2n) is 4.48. The van der Waals surface area contributed by atoms with Gasteiger partial charge in [0.05, 0.1) is 6.61 Å². The number of hydrogen-bond donors (Lipinski definition) is 2. The molecular weight excluding hydrogens is 224 g/mol. The predicted octanol–water partition coefficient (Wildman–Crippen LogP) is 0.528. The number of carboxylic acids is 1. The van der Waals surface area contributed by atoms with E-state index >= 15 is 0 Å². The number of aliphatic carboxylic acids is 1. The van der Waals surface area contributed by atoms with Gasteiger partial charge in [-0.15, -0.1) is 0 Å². The average molecular weight is 244 g/mol. The monoisotopic (exact) mass is 244 g/mol. The van der Waals surface area contributed by atoms with Gasteiger partial charge in [-0.2, -0.15) is 0 Å². The van der Waals surface area contributed by atoms with E-state index in [-0.39, 0.29) is 18.4 Å². The fourth-order valence-corrected chi connectivity index (χ4v) is 2.28. The van der Waals surface area contributed by atoms with Crippen molar-refractivity contribution in [2.24, 2.45) is 5.92 Å². The van der Waals surface area contributed by atoms with Crippen molar-refractivity contribution in [1.29, 1.82) is 0 Å². The summed E-state index contributed by atoms with van der Waals surface area (Å²) in [6, 6.07) is -0.0304. The Labute approximate surface area is 101 Å². The van der Waals surface area contributed by atoms with Gasteiger partial charge in [0, 0.05) is 25.6 Å². The zero-order valence-corrected chi connectivity index (χ0v) is 10.3. The van der Waals surface area contributed by atoms with Crippen molar-refractivity contribution in [3.8, 4) is 0 Å². The fourth-order valence-electron chi connectivity index (χ4n) is 2.28. The molecule has 0 bridgehead atoms. The molecule has 2 N–H and O–H groups in total. The van der Waals surface area contributed by atoms with Crippen LogP contribution in [0.15, 0.2) is 0 Å². The van der Waals surface area contributed by atoms with Crippen molar-refractivity contribution in [3.63, 3.8) is 0 Å². The number of carbonyl (C=O) groups is 2. The molecule has 0 spiro atoms. The van der Waals surface area contributed by atoms with E-state index in [1.54, 1.807) is 6.92 Å². The molecule has 0 aromatic rings. The van der Waals surface area contributed by atoms with Gasteiger partial charge in [-0.25, -0.2) is 4.79 Å². The summed E-state index contributed by atoms with van der Waals surface area (Å²) >= 11 is 0. The van der Waals surface area contributed by atoms with Crippen LogP contribution in [-0.2, 0) is 9.53 Å². The molecule has 2 unspecified atom stereocenters. The van der Waals surface area contributed by atoms with Crippen molar-refractivity contribution in [2.75, 3.05) is 26.7 Å². The van der Waals surface area contributed by atoms with Gasteiger partial charge in [0.25, 0.3) is 0 Å². The lowest BCUT2D eigenvalue weighted by molar-refractivity contribution is -0.138. The second kappa shape index (κ2) is 6.44. The first-order valence-corrected chi connectivity index (χ1v) is 5.84. The summed E-state index contributed by atoms with van der Waals surface area (Å²) < 4.78 is 4.81. The third-order valence-electron chi connectivity index (χ3n) is 2.78. The first-order chi connectivity index (χ1) is 8.01. The van der Waals surface area contributed by atoms with Crippen LogP contribution in [0, 0.1) is 5.92 Å². The average Bonchev–Trinajstić information content (AvgIpc) is 2.14. The van der Waals surface area contributed by atoms with E-state index in [4.69, 9.17) is 9.84 Å². The van der Waals surface area contributed by atoms with Gasteiger partial charge in [-0.05, 0) is 26.3 Å². The molecule has 6 nitrogen and oxygen atoms in total. The number of likely N-dealkylation sites (N-methyl/N-ethyl adjacent to an activating group) is 1. The van der Waals surface area contributed by atoms with Gasteiger partial charge in [0.1, 0.15) is 0 Å². The number of nitrogens with zero attached hydrogens (tertiary/aromatic N) is 1. The molecule has 2 atom stereocenters. The van der Waals surface area contributed by atoms with Crippen LogP contribution in [0.2, 0.25) is 0 Å². The van der Waals surface area contributed by atoms with Crippen molar-refractivity contribution in [3.05, 3.63) is 0 Å². The molecule has 6 heteroatoms. The Hall–Kier alpha value is -1.30. The van der Waals surface area contributed by atoms with Gasteiger partial charge in [0.2, 0.25) is 0 Å². The SMILES string of the molecule is CCOC(=O)NC1CC(CC(=O)O)CN(C)C1. The minimum atomic E-state index is -0.791. The van der Waals surface area contributed by atoms with Crippen molar-refractivity contribution >= 4 is 12.1 Å². The van der Waals surface area contributed by atoms with Gasteiger partial charge in [0.15, 0.2) is 0 Å². The lowest BCUT2D eigenvalue weighted by atomic mass is 9.92. The zero-order valence-electron chi connectivity index (χ0n) is 10.3. The largest absolute Gasteiger partial charge is 0.481 e. The van der Waals surface area contributed by atoms with E-state index in [0.29, 0.717) is 13.0 Å². The summed E-state index contributed by atoms with van der Waals surface area (Å²) in [5.41, 5.74) is 0. The topological polar surface area (TPSA) is 78.9 Å². The minimum absolute atomic E-state index is 0.0304. The number of hydrogen-bond acceptors (Lipinski definition) is 4. The molecule has 1 saturated heterocycles. The summed E-state index contributed by atoms with van der Waals surface area (Å²) in [5, 5.41) is 11.5. The molecule has 1 fully saturated rings. The van der Waals surface area contributed by atoms with Crippen LogP contribution < -0.4 is 5.32 Å².